The maximum Gasteiger partial charge on any atom is 0.225 e. The van der Waals surface area contributed by atoms with Crippen LogP contribution in [0, 0.1) is 0 Å². The van der Waals surface area contributed by atoms with Gasteiger partial charge in [0.05, 0.1) is 12.3 Å². The van der Waals surface area contributed by atoms with Crippen LogP contribution in [0.5, 0.6) is 0 Å². The van der Waals surface area contributed by atoms with Crippen molar-refractivity contribution in [1.82, 2.24) is 4.98 Å². The molecule has 0 amide bonds. The third-order valence-electron chi connectivity index (χ3n) is 2.17. The number of hydrogen-bond donors (Lipinski definition) is 2. The summed E-state index contributed by atoms with van der Waals surface area (Å²) in [5.74, 6) is 0.543. The Labute approximate surface area is 87.4 Å². The highest BCUT2D eigenvalue weighted by Gasteiger charge is 2.08. The molecule has 15 heavy (non-hydrogen) atoms. The van der Waals surface area contributed by atoms with Gasteiger partial charge in [-0.2, -0.15) is 0 Å². The summed E-state index contributed by atoms with van der Waals surface area (Å²) in [6, 6.07) is 7.36. The lowest BCUT2D eigenvalue weighted by atomic mass is 10.1. The number of benzene rings is 1. The summed E-state index contributed by atoms with van der Waals surface area (Å²) in [4.78, 5) is 4.03. The summed E-state index contributed by atoms with van der Waals surface area (Å²) in [6.45, 7) is 0.203. The smallest absolute Gasteiger partial charge is 0.225 e. The topological polar surface area (TPSA) is 72.3 Å². The summed E-state index contributed by atoms with van der Waals surface area (Å²) < 4.78 is 5.16. The molecule has 1 unspecified atom stereocenters. The minimum absolute atomic E-state index is 0.203. The van der Waals surface area contributed by atoms with E-state index in [9.17, 15) is 5.11 Å². The van der Waals surface area contributed by atoms with Gasteiger partial charge < -0.3 is 15.3 Å². The largest absolute Gasteiger partial charge is 0.445 e. The second-order valence-electron chi connectivity index (χ2n) is 3.21. The molecule has 0 aliphatic heterocycles. The van der Waals surface area contributed by atoms with Crippen LogP contribution < -0.4 is 5.73 Å². The van der Waals surface area contributed by atoms with E-state index in [-0.39, 0.29) is 6.54 Å². The lowest BCUT2D eigenvalue weighted by molar-refractivity contribution is 0.187. The van der Waals surface area contributed by atoms with E-state index in [1.807, 2.05) is 24.3 Å². The second kappa shape index (κ2) is 4.25. The zero-order valence-electron chi connectivity index (χ0n) is 8.13. The van der Waals surface area contributed by atoms with Crippen LogP contribution in [0.25, 0.3) is 11.5 Å². The van der Waals surface area contributed by atoms with Gasteiger partial charge in [0, 0.05) is 12.1 Å². The molecular formula is C11H12N2O2. The number of oxazole rings is 1. The predicted octanol–water partition coefficient (Wildman–Crippen LogP) is 1.33. The number of aromatic nitrogens is 1. The zero-order chi connectivity index (χ0) is 10.7. The molecule has 1 heterocycles. The molecule has 0 aliphatic rings. The average molecular weight is 204 g/mol. The number of nitrogens with zero attached hydrogens (tertiary/aromatic N) is 1. The third kappa shape index (κ3) is 2.06. The van der Waals surface area contributed by atoms with Crippen molar-refractivity contribution in [2.24, 2.45) is 5.73 Å². The van der Waals surface area contributed by atoms with Gasteiger partial charge >= 0.3 is 0 Å². The monoisotopic (exact) mass is 204 g/mol. The van der Waals surface area contributed by atoms with E-state index in [1.165, 1.54) is 6.26 Å². The third-order valence-corrected chi connectivity index (χ3v) is 2.17. The lowest BCUT2D eigenvalue weighted by Crippen LogP contribution is -2.11. The molecule has 0 aliphatic carbocycles. The van der Waals surface area contributed by atoms with Crippen LogP contribution in [-0.4, -0.2) is 16.6 Å². The lowest BCUT2D eigenvalue weighted by Gasteiger charge is -2.08. The molecule has 1 aromatic heterocycles. The van der Waals surface area contributed by atoms with Gasteiger partial charge in [-0.05, 0) is 17.7 Å². The van der Waals surface area contributed by atoms with E-state index in [0.717, 1.165) is 11.1 Å². The van der Waals surface area contributed by atoms with E-state index >= 15 is 0 Å². The fraction of sp³-hybridized carbons (Fsp3) is 0.182. The minimum atomic E-state index is -0.639. The molecule has 78 valence electrons. The van der Waals surface area contributed by atoms with Crippen molar-refractivity contribution in [1.29, 1.82) is 0 Å². The Morgan fingerprint density at radius 1 is 1.47 bits per heavy atom. The van der Waals surface area contributed by atoms with Gasteiger partial charge in [0.15, 0.2) is 0 Å². The van der Waals surface area contributed by atoms with Crippen LogP contribution >= 0.6 is 0 Å². The van der Waals surface area contributed by atoms with Crippen molar-refractivity contribution in [2.45, 2.75) is 6.10 Å². The van der Waals surface area contributed by atoms with Crippen LogP contribution in [0.3, 0.4) is 0 Å². The summed E-state index contributed by atoms with van der Waals surface area (Å²) in [7, 11) is 0. The fourth-order valence-electron chi connectivity index (χ4n) is 1.38. The standard InChI is InChI=1S/C11H12N2O2/c12-7-10(14)8-2-1-3-9(6-8)11-13-4-5-15-11/h1-6,10,14H,7,12H2. The fourth-order valence-corrected chi connectivity index (χ4v) is 1.38. The number of rotatable bonds is 3. The number of nitrogens with two attached hydrogens (primary N) is 1. The molecule has 2 aromatic rings. The summed E-state index contributed by atoms with van der Waals surface area (Å²) in [5, 5.41) is 9.58. The Kier molecular flexibility index (Phi) is 2.80. The highest BCUT2D eigenvalue weighted by atomic mass is 16.3. The first-order valence-electron chi connectivity index (χ1n) is 4.69. The molecule has 2 rings (SSSR count). The Bertz CT molecular complexity index is 426. The Hall–Kier alpha value is -1.65. The molecule has 0 bridgehead atoms. The van der Waals surface area contributed by atoms with Gasteiger partial charge in [0.2, 0.25) is 5.89 Å². The zero-order valence-corrected chi connectivity index (χ0v) is 8.13. The Balaban J connectivity index is 2.35. The predicted molar refractivity (Wildman–Crippen MR) is 56.0 cm³/mol. The van der Waals surface area contributed by atoms with Crippen LogP contribution in [0.15, 0.2) is 41.1 Å². The molecule has 1 atom stereocenters. The molecule has 1 aromatic carbocycles. The summed E-state index contributed by atoms with van der Waals surface area (Å²) in [6.07, 6.45) is 2.46. The van der Waals surface area contributed by atoms with Crippen LogP contribution in [0.2, 0.25) is 0 Å². The normalized spacial score (nSPS) is 12.7. The first-order valence-corrected chi connectivity index (χ1v) is 4.69. The van der Waals surface area contributed by atoms with Gasteiger partial charge in [-0.1, -0.05) is 12.1 Å². The number of aliphatic hydroxyl groups excluding tert-OH is 1. The van der Waals surface area contributed by atoms with E-state index in [2.05, 4.69) is 4.98 Å². The Morgan fingerprint density at radius 3 is 3.00 bits per heavy atom. The highest BCUT2D eigenvalue weighted by Crippen LogP contribution is 2.21. The average Bonchev–Trinajstić information content (AvgIpc) is 2.82. The summed E-state index contributed by atoms with van der Waals surface area (Å²) >= 11 is 0. The Morgan fingerprint density at radius 2 is 2.33 bits per heavy atom. The van der Waals surface area contributed by atoms with Gasteiger partial charge in [-0.3, -0.25) is 0 Å². The highest BCUT2D eigenvalue weighted by molar-refractivity contribution is 5.54. The van der Waals surface area contributed by atoms with Gasteiger partial charge in [-0.15, -0.1) is 0 Å². The van der Waals surface area contributed by atoms with Gasteiger partial charge in [0.1, 0.15) is 6.26 Å². The molecule has 0 saturated heterocycles. The molecular weight excluding hydrogens is 192 g/mol. The minimum Gasteiger partial charge on any atom is -0.445 e. The first kappa shape index (κ1) is 9.89. The SMILES string of the molecule is NCC(O)c1cccc(-c2ncco2)c1. The summed E-state index contributed by atoms with van der Waals surface area (Å²) in [5.41, 5.74) is 6.99. The molecule has 0 saturated carbocycles. The van der Waals surface area contributed by atoms with E-state index in [1.54, 1.807) is 6.20 Å². The molecule has 0 radical (unpaired) electrons. The van der Waals surface area contributed by atoms with Crippen molar-refractivity contribution in [3.8, 4) is 11.5 Å². The van der Waals surface area contributed by atoms with Crippen molar-refractivity contribution in [3.63, 3.8) is 0 Å². The maximum atomic E-state index is 9.58. The van der Waals surface area contributed by atoms with Gasteiger partial charge in [0.25, 0.3) is 0 Å². The molecule has 4 heteroatoms. The quantitative estimate of drug-likeness (QED) is 0.791. The first-order chi connectivity index (χ1) is 7.31. The van der Waals surface area contributed by atoms with Crippen LogP contribution in [0.1, 0.15) is 11.7 Å². The van der Waals surface area contributed by atoms with Crippen molar-refractivity contribution in [3.05, 3.63) is 42.3 Å². The molecule has 0 spiro atoms. The van der Waals surface area contributed by atoms with Crippen LogP contribution in [0.4, 0.5) is 0 Å². The molecule has 4 nitrogen and oxygen atoms in total. The van der Waals surface area contributed by atoms with Crippen molar-refractivity contribution < 1.29 is 9.52 Å². The molecule has 3 N–H and O–H groups in total. The van der Waals surface area contributed by atoms with Crippen molar-refractivity contribution >= 4 is 0 Å². The van der Waals surface area contributed by atoms with Crippen LogP contribution in [-0.2, 0) is 0 Å². The molecule has 0 fully saturated rings. The van der Waals surface area contributed by atoms with Gasteiger partial charge in [-0.25, -0.2) is 4.98 Å². The van der Waals surface area contributed by atoms with E-state index < -0.39 is 6.10 Å². The number of aliphatic hydroxyl groups is 1. The number of hydrogen-bond acceptors (Lipinski definition) is 4. The van der Waals surface area contributed by atoms with E-state index in [4.69, 9.17) is 10.2 Å². The maximum absolute atomic E-state index is 9.58. The van der Waals surface area contributed by atoms with E-state index in [0.29, 0.717) is 5.89 Å². The second-order valence-corrected chi connectivity index (χ2v) is 3.21. The van der Waals surface area contributed by atoms with Crippen molar-refractivity contribution in [2.75, 3.05) is 6.54 Å².